The van der Waals surface area contributed by atoms with Crippen LogP contribution in [-0.4, -0.2) is 33.9 Å². The third-order valence-electron chi connectivity index (χ3n) is 3.16. The first kappa shape index (κ1) is 13.5. The first-order valence-corrected chi connectivity index (χ1v) is 6.30. The average Bonchev–Trinajstić information content (AvgIpc) is 2.86. The van der Waals surface area contributed by atoms with Gasteiger partial charge in [0.2, 0.25) is 0 Å². The van der Waals surface area contributed by atoms with Crippen LogP contribution in [0.2, 0.25) is 0 Å². The standard InChI is InChI=1S/C13H19N5O/c1-4-9-7-10(5-6-12(9)19-3)11(8-14)13-15-17-18(2)16-13/h5-7,11H,4,8,14H2,1-3H3. The molecule has 2 aromatic rings. The zero-order chi connectivity index (χ0) is 13.8. The van der Waals surface area contributed by atoms with Crippen molar-refractivity contribution in [2.75, 3.05) is 13.7 Å². The van der Waals surface area contributed by atoms with Gasteiger partial charge in [-0.3, -0.25) is 0 Å². The van der Waals surface area contributed by atoms with Gasteiger partial charge in [0.15, 0.2) is 5.82 Å². The summed E-state index contributed by atoms with van der Waals surface area (Å²) in [4.78, 5) is 1.45. The Kier molecular flexibility index (Phi) is 4.11. The Labute approximate surface area is 112 Å². The third-order valence-corrected chi connectivity index (χ3v) is 3.16. The summed E-state index contributed by atoms with van der Waals surface area (Å²) in [6, 6.07) is 6.08. The largest absolute Gasteiger partial charge is 0.496 e. The molecular weight excluding hydrogens is 242 g/mol. The lowest BCUT2D eigenvalue weighted by Crippen LogP contribution is -2.16. The zero-order valence-electron chi connectivity index (χ0n) is 11.5. The molecule has 0 amide bonds. The quantitative estimate of drug-likeness (QED) is 0.864. The van der Waals surface area contributed by atoms with E-state index >= 15 is 0 Å². The SMILES string of the molecule is CCc1cc(C(CN)c2nnn(C)n2)ccc1OC. The second kappa shape index (κ2) is 5.79. The highest BCUT2D eigenvalue weighted by molar-refractivity contribution is 5.40. The van der Waals surface area contributed by atoms with Crippen molar-refractivity contribution < 1.29 is 4.74 Å². The maximum absolute atomic E-state index is 5.86. The fourth-order valence-electron chi connectivity index (χ4n) is 2.12. The van der Waals surface area contributed by atoms with Crippen LogP contribution in [0.5, 0.6) is 5.75 Å². The Balaban J connectivity index is 2.38. The van der Waals surface area contributed by atoms with Gasteiger partial charge in [0.05, 0.1) is 20.1 Å². The molecule has 0 bridgehead atoms. The van der Waals surface area contributed by atoms with Crippen molar-refractivity contribution in [3.63, 3.8) is 0 Å². The van der Waals surface area contributed by atoms with Gasteiger partial charge < -0.3 is 10.5 Å². The molecule has 6 heteroatoms. The predicted molar refractivity (Wildman–Crippen MR) is 72.1 cm³/mol. The van der Waals surface area contributed by atoms with Gasteiger partial charge in [0, 0.05) is 6.54 Å². The molecule has 2 rings (SSSR count). The predicted octanol–water partition coefficient (Wildman–Crippen LogP) is 0.872. The third kappa shape index (κ3) is 2.73. The lowest BCUT2D eigenvalue weighted by Gasteiger charge is -2.14. The number of benzene rings is 1. The molecule has 1 atom stereocenters. The van der Waals surface area contributed by atoms with Crippen LogP contribution in [0.4, 0.5) is 0 Å². The van der Waals surface area contributed by atoms with Crippen molar-refractivity contribution in [3.8, 4) is 5.75 Å². The van der Waals surface area contributed by atoms with E-state index in [9.17, 15) is 0 Å². The number of ether oxygens (including phenoxy) is 1. The first-order valence-electron chi connectivity index (χ1n) is 6.30. The summed E-state index contributed by atoms with van der Waals surface area (Å²) in [6.07, 6.45) is 0.905. The highest BCUT2D eigenvalue weighted by Crippen LogP contribution is 2.26. The van der Waals surface area contributed by atoms with E-state index in [2.05, 4.69) is 28.4 Å². The summed E-state index contributed by atoms with van der Waals surface area (Å²) < 4.78 is 5.34. The van der Waals surface area contributed by atoms with Crippen LogP contribution < -0.4 is 10.5 Å². The van der Waals surface area contributed by atoms with Crippen molar-refractivity contribution in [2.24, 2.45) is 12.8 Å². The summed E-state index contributed by atoms with van der Waals surface area (Å²) in [7, 11) is 3.42. The van der Waals surface area contributed by atoms with E-state index in [1.165, 1.54) is 4.80 Å². The minimum absolute atomic E-state index is 0.0371. The topological polar surface area (TPSA) is 78.9 Å². The lowest BCUT2D eigenvalue weighted by atomic mass is 9.95. The molecule has 1 unspecified atom stereocenters. The molecule has 0 fully saturated rings. The maximum Gasteiger partial charge on any atom is 0.183 e. The molecule has 0 aliphatic rings. The summed E-state index contributed by atoms with van der Waals surface area (Å²) in [5.41, 5.74) is 8.11. The van der Waals surface area contributed by atoms with Gasteiger partial charge in [-0.1, -0.05) is 19.1 Å². The molecule has 2 N–H and O–H groups in total. The maximum atomic E-state index is 5.86. The second-order valence-electron chi connectivity index (χ2n) is 4.35. The number of hydrogen-bond acceptors (Lipinski definition) is 5. The number of hydrogen-bond donors (Lipinski definition) is 1. The highest BCUT2D eigenvalue weighted by Gasteiger charge is 2.18. The van der Waals surface area contributed by atoms with Crippen LogP contribution in [0.25, 0.3) is 0 Å². The second-order valence-corrected chi connectivity index (χ2v) is 4.35. The molecule has 1 aromatic heterocycles. The van der Waals surface area contributed by atoms with Gasteiger partial charge in [-0.2, -0.15) is 4.80 Å². The molecule has 1 heterocycles. The highest BCUT2D eigenvalue weighted by atomic mass is 16.5. The van der Waals surface area contributed by atoms with Crippen LogP contribution in [0.1, 0.15) is 29.8 Å². The Hall–Kier alpha value is -1.95. The first-order chi connectivity index (χ1) is 9.19. The summed E-state index contributed by atoms with van der Waals surface area (Å²) in [6.45, 7) is 2.54. The van der Waals surface area contributed by atoms with Crippen molar-refractivity contribution in [3.05, 3.63) is 35.2 Å². The van der Waals surface area contributed by atoms with Gasteiger partial charge in [0.25, 0.3) is 0 Å². The molecule has 0 radical (unpaired) electrons. The van der Waals surface area contributed by atoms with Gasteiger partial charge in [-0.15, -0.1) is 10.2 Å². The monoisotopic (exact) mass is 261 g/mol. The van der Waals surface area contributed by atoms with Crippen molar-refractivity contribution in [1.82, 2.24) is 20.2 Å². The minimum Gasteiger partial charge on any atom is -0.496 e. The summed E-state index contributed by atoms with van der Waals surface area (Å²) in [5.74, 6) is 1.51. The van der Waals surface area contributed by atoms with E-state index < -0.39 is 0 Å². The number of nitrogens with two attached hydrogens (primary N) is 1. The van der Waals surface area contributed by atoms with Crippen molar-refractivity contribution in [2.45, 2.75) is 19.3 Å². The number of aryl methyl sites for hydroxylation is 2. The van der Waals surface area contributed by atoms with Crippen molar-refractivity contribution in [1.29, 1.82) is 0 Å². The van der Waals surface area contributed by atoms with E-state index in [-0.39, 0.29) is 5.92 Å². The van der Waals surface area contributed by atoms with E-state index in [1.54, 1.807) is 14.2 Å². The van der Waals surface area contributed by atoms with Crippen LogP contribution in [0.3, 0.4) is 0 Å². The number of methoxy groups -OCH3 is 1. The molecular formula is C13H19N5O. The Morgan fingerprint density at radius 2 is 2.21 bits per heavy atom. The molecule has 1 aromatic carbocycles. The molecule has 0 saturated carbocycles. The van der Waals surface area contributed by atoms with Gasteiger partial charge in [-0.25, -0.2) is 0 Å². The fourth-order valence-corrected chi connectivity index (χ4v) is 2.12. The van der Waals surface area contributed by atoms with E-state index in [0.29, 0.717) is 12.4 Å². The van der Waals surface area contributed by atoms with Crippen LogP contribution in [0.15, 0.2) is 18.2 Å². The summed E-state index contributed by atoms with van der Waals surface area (Å²) >= 11 is 0. The minimum atomic E-state index is -0.0371. The number of rotatable bonds is 5. The van der Waals surface area contributed by atoms with Gasteiger partial charge in [0.1, 0.15) is 5.75 Å². The van der Waals surface area contributed by atoms with Gasteiger partial charge >= 0.3 is 0 Å². The van der Waals surface area contributed by atoms with Crippen molar-refractivity contribution >= 4 is 0 Å². The van der Waals surface area contributed by atoms with E-state index in [0.717, 1.165) is 23.3 Å². The van der Waals surface area contributed by atoms with Crippen LogP contribution in [0, 0.1) is 0 Å². The van der Waals surface area contributed by atoms with Crippen LogP contribution >= 0.6 is 0 Å². The summed E-state index contributed by atoms with van der Waals surface area (Å²) in [5, 5.41) is 12.2. The van der Waals surface area contributed by atoms with E-state index in [1.807, 2.05) is 12.1 Å². The fraction of sp³-hybridized carbons (Fsp3) is 0.462. The number of nitrogens with zero attached hydrogens (tertiary/aromatic N) is 4. The zero-order valence-corrected chi connectivity index (χ0v) is 11.5. The number of aromatic nitrogens is 4. The Bertz CT molecular complexity index is 552. The van der Waals surface area contributed by atoms with Gasteiger partial charge in [-0.05, 0) is 28.8 Å². The van der Waals surface area contributed by atoms with Crippen LogP contribution in [-0.2, 0) is 13.5 Å². The molecule has 6 nitrogen and oxygen atoms in total. The Morgan fingerprint density at radius 3 is 2.74 bits per heavy atom. The smallest absolute Gasteiger partial charge is 0.183 e. The normalized spacial score (nSPS) is 12.4. The molecule has 0 saturated heterocycles. The molecule has 19 heavy (non-hydrogen) atoms. The average molecular weight is 261 g/mol. The molecule has 0 aliphatic heterocycles. The molecule has 102 valence electrons. The van der Waals surface area contributed by atoms with E-state index in [4.69, 9.17) is 10.5 Å². The Morgan fingerprint density at radius 1 is 1.42 bits per heavy atom. The molecule has 0 aliphatic carbocycles. The molecule has 0 spiro atoms. The lowest BCUT2D eigenvalue weighted by molar-refractivity contribution is 0.410. The number of tetrazole rings is 1.